The van der Waals surface area contributed by atoms with Gasteiger partial charge in [-0.15, -0.1) is 0 Å². The molecule has 2 aromatic rings. The van der Waals surface area contributed by atoms with Gasteiger partial charge in [-0.05, 0) is 33.6 Å². The van der Waals surface area contributed by atoms with Crippen molar-refractivity contribution in [2.45, 2.75) is 90.9 Å². The largest absolute Gasteiger partial charge is 0.260 e. The average Bonchev–Trinajstić information content (AvgIpc) is 2.53. The third kappa shape index (κ3) is 3.87. The Morgan fingerprint density at radius 1 is 0.500 bits per heavy atom. The van der Waals surface area contributed by atoms with Gasteiger partial charge in [-0.1, -0.05) is 99.6 Å². The summed E-state index contributed by atoms with van der Waals surface area (Å²) >= 11 is 0. The molecule has 1 aromatic carbocycles. The van der Waals surface area contributed by atoms with Gasteiger partial charge >= 0.3 is 0 Å². The monoisotopic (exact) mass is 351 g/mol. The SMILES string of the molecule is CC(C)(C)c1ccc(C(C)(C)C(C)(C)c2ccc(C(C)(C)C)cn2)cc1. The van der Waals surface area contributed by atoms with Crippen molar-refractivity contribution in [1.82, 2.24) is 4.98 Å². The Labute approximate surface area is 161 Å². The number of aromatic nitrogens is 1. The molecule has 0 fully saturated rings. The highest BCUT2D eigenvalue weighted by Gasteiger charge is 2.41. The zero-order valence-electron chi connectivity index (χ0n) is 18.5. The number of pyridine rings is 1. The lowest BCUT2D eigenvalue weighted by Gasteiger charge is -2.42. The van der Waals surface area contributed by atoms with E-state index in [1.54, 1.807) is 0 Å². The minimum absolute atomic E-state index is 0.0281. The summed E-state index contributed by atoms with van der Waals surface area (Å²) in [6, 6.07) is 13.6. The van der Waals surface area contributed by atoms with E-state index in [2.05, 4.69) is 112 Å². The Bertz CT molecular complexity index is 665. The molecule has 0 bridgehead atoms. The molecular weight excluding hydrogens is 314 g/mol. The van der Waals surface area contributed by atoms with Crippen molar-refractivity contribution in [3.63, 3.8) is 0 Å². The second kappa shape index (κ2) is 6.51. The van der Waals surface area contributed by atoms with Crippen molar-refractivity contribution in [1.29, 1.82) is 0 Å². The van der Waals surface area contributed by atoms with Gasteiger partial charge in [0.25, 0.3) is 0 Å². The van der Waals surface area contributed by atoms with E-state index in [0.717, 1.165) is 5.69 Å². The third-order valence-corrected chi connectivity index (χ3v) is 6.30. The van der Waals surface area contributed by atoms with Gasteiger partial charge in [-0.25, -0.2) is 0 Å². The maximum absolute atomic E-state index is 4.87. The first-order valence-corrected chi connectivity index (χ1v) is 9.75. The van der Waals surface area contributed by atoms with E-state index < -0.39 is 0 Å². The van der Waals surface area contributed by atoms with E-state index in [9.17, 15) is 0 Å². The maximum atomic E-state index is 4.87. The Hall–Kier alpha value is -1.63. The summed E-state index contributed by atoms with van der Waals surface area (Å²) in [7, 11) is 0. The Balaban J connectivity index is 2.40. The number of benzene rings is 1. The summed E-state index contributed by atoms with van der Waals surface area (Å²) in [6.07, 6.45) is 2.05. The summed E-state index contributed by atoms with van der Waals surface area (Å²) in [5, 5.41) is 0. The van der Waals surface area contributed by atoms with Crippen LogP contribution in [-0.4, -0.2) is 4.98 Å². The summed E-state index contributed by atoms with van der Waals surface area (Å²) in [5.74, 6) is 0. The van der Waals surface area contributed by atoms with Crippen molar-refractivity contribution >= 4 is 0 Å². The topological polar surface area (TPSA) is 12.9 Å². The molecule has 0 aliphatic rings. The van der Waals surface area contributed by atoms with Gasteiger partial charge in [-0.3, -0.25) is 4.98 Å². The predicted molar refractivity (Wildman–Crippen MR) is 114 cm³/mol. The number of rotatable bonds is 3. The highest BCUT2D eigenvalue weighted by atomic mass is 14.7. The molecule has 0 radical (unpaired) electrons. The van der Waals surface area contributed by atoms with Gasteiger partial charge in [0.05, 0.1) is 0 Å². The van der Waals surface area contributed by atoms with Crippen LogP contribution < -0.4 is 0 Å². The molecule has 0 spiro atoms. The van der Waals surface area contributed by atoms with E-state index in [1.165, 1.54) is 16.7 Å². The van der Waals surface area contributed by atoms with E-state index in [-0.39, 0.29) is 21.7 Å². The van der Waals surface area contributed by atoms with Crippen molar-refractivity contribution in [2.24, 2.45) is 0 Å². The quantitative estimate of drug-likeness (QED) is 0.584. The van der Waals surface area contributed by atoms with Gasteiger partial charge in [0.15, 0.2) is 0 Å². The third-order valence-electron chi connectivity index (χ3n) is 6.30. The van der Waals surface area contributed by atoms with Crippen molar-refractivity contribution < 1.29 is 0 Å². The van der Waals surface area contributed by atoms with Crippen LogP contribution in [0.25, 0.3) is 0 Å². The zero-order valence-corrected chi connectivity index (χ0v) is 18.5. The fraction of sp³-hybridized carbons (Fsp3) is 0.560. The Morgan fingerprint density at radius 3 is 1.31 bits per heavy atom. The number of nitrogens with zero attached hydrogens (tertiary/aromatic N) is 1. The standard InChI is InChI=1S/C25H37N/c1-22(2,3)18-11-13-19(14-12-18)24(7,8)25(9,10)21-16-15-20(17-26-21)23(4,5)6/h11-17H,1-10H3. The summed E-state index contributed by atoms with van der Waals surface area (Å²) in [4.78, 5) is 4.87. The maximum Gasteiger partial charge on any atom is 0.0468 e. The second-order valence-corrected chi connectivity index (χ2v) is 10.8. The summed E-state index contributed by atoms with van der Waals surface area (Å²) in [5.41, 5.74) is 5.38. The first kappa shape index (κ1) is 20.7. The van der Waals surface area contributed by atoms with Gasteiger partial charge in [0.1, 0.15) is 0 Å². The molecule has 1 nitrogen and oxygen atoms in total. The lowest BCUT2D eigenvalue weighted by molar-refractivity contribution is 0.295. The normalized spacial score (nSPS) is 13.8. The van der Waals surface area contributed by atoms with E-state index in [4.69, 9.17) is 4.98 Å². The fourth-order valence-electron chi connectivity index (χ4n) is 3.28. The minimum atomic E-state index is -0.0767. The Kier molecular flexibility index (Phi) is 5.18. The first-order chi connectivity index (χ1) is 11.7. The van der Waals surface area contributed by atoms with Gasteiger partial charge in [0, 0.05) is 22.7 Å². The smallest absolute Gasteiger partial charge is 0.0468 e. The molecule has 0 aliphatic carbocycles. The molecule has 0 atom stereocenters. The van der Waals surface area contributed by atoms with Crippen LogP contribution >= 0.6 is 0 Å². The van der Waals surface area contributed by atoms with Gasteiger partial charge in [-0.2, -0.15) is 0 Å². The summed E-state index contributed by atoms with van der Waals surface area (Å²) in [6.45, 7) is 22.8. The van der Waals surface area contributed by atoms with Gasteiger partial charge in [0.2, 0.25) is 0 Å². The molecule has 2 rings (SSSR count). The van der Waals surface area contributed by atoms with Crippen LogP contribution in [0.1, 0.15) is 91.6 Å². The van der Waals surface area contributed by atoms with Crippen LogP contribution in [0.3, 0.4) is 0 Å². The molecule has 0 unspecified atom stereocenters. The zero-order chi connectivity index (χ0) is 20.0. The molecular formula is C25H37N. The molecule has 26 heavy (non-hydrogen) atoms. The lowest BCUT2D eigenvalue weighted by atomic mass is 9.62. The minimum Gasteiger partial charge on any atom is -0.260 e. The van der Waals surface area contributed by atoms with Crippen LogP contribution in [0.2, 0.25) is 0 Å². The molecule has 1 aromatic heterocycles. The van der Waals surface area contributed by atoms with Gasteiger partial charge < -0.3 is 0 Å². The summed E-state index contributed by atoms with van der Waals surface area (Å²) < 4.78 is 0. The van der Waals surface area contributed by atoms with Crippen LogP contribution in [0, 0.1) is 0 Å². The van der Waals surface area contributed by atoms with E-state index >= 15 is 0 Å². The highest BCUT2D eigenvalue weighted by Crippen LogP contribution is 2.43. The molecule has 0 saturated carbocycles. The van der Waals surface area contributed by atoms with Crippen LogP contribution in [-0.2, 0) is 21.7 Å². The van der Waals surface area contributed by atoms with Crippen LogP contribution in [0.4, 0.5) is 0 Å². The van der Waals surface area contributed by atoms with E-state index in [1.807, 2.05) is 0 Å². The Morgan fingerprint density at radius 2 is 0.923 bits per heavy atom. The number of hydrogen-bond donors (Lipinski definition) is 0. The second-order valence-electron chi connectivity index (χ2n) is 10.8. The first-order valence-electron chi connectivity index (χ1n) is 9.75. The van der Waals surface area contributed by atoms with Crippen molar-refractivity contribution in [3.8, 4) is 0 Å². The molecule has 1 heteroatoms. The molecule has 0 amide bonds. The van der Waals surface area contributed by atoms with E-state index in [0.29, 0.717) is 0 Å². The lowest BCUT2D eigenvalue weighted by Crippen LogP contribution is -2.41. The molecule has 1 heterocycles. The molecule has 0 aliphatic heterocycles. The average molecular weight is 352 g/mol. The number of hydrogen-bond acceptors (Lipinski definition) is 1. The fourth-order valence-corrected chi connectivity index (χ4v) is 3.28. The van der Waals surface area contributed by atoms with Crippen molar-refractivity contribution in [3.05, 3.63) is 65.0 Å². The van der Waals surface area contributed by atoms with Crippen LogP contribution in [0.15, 0.2) is 42.6 Å². The molecule has 0 N–H and O–H groups in total. The highest BCUT2D eigenvalue weighted by molar-refractivity contribution is 5.37. The van der Waals surface area contributed by atoms with Crippen molar-refractivity contribution in [2.75, 3.05) is 0 Å². The molecule has 142 valence electrons. The predicted octanol–water partition coefficient (Wildman–Crippen LogP) is 6.93. The molecule has 0 saturated heterocycles. The van der Waals surface area contributed by atoms with Crippen LogP contribution in [0.5, 0.6) is 0 Å².